The molecule has 0 radical (unpaired) electrons. The molecule has 0 aromatic carbocycles. The van der Waals surface area contributed by atoms with Gasteiger partial charge in [0.25, 0.3) is 0 Å². The maximum absolute atomic E-state index is 12.3. The fraction of sp³-hybridized carbons (Fsp3) is 0.700. The second kappa shape index (κ2) is 5.71. The van der Waals surface area contributed by atoms with Gasteiger partial charge in [0.1, 0.15) is 14.8 Å². The highest BCUT2D eigenvalue weighted by atomic mass is 32.2. The Morgan fingerprint density at radius 2 is 1.90 bits per heavy atom. The summed E-state index contributed by atoms with van der Waals surface area (Å²) in [6, 6.07) is -0.0931. The van der Waals surface area contributed by atoms with Crippen LogP contribution in [0.4, 0.5) is 10.8 Å². The molecule has 21 heavy (non-hydrogen) atoms. The van der Waals surface area contributed by atoms with Crippen LogP contribution >= 0.6 is 11.5 Å². The molecule has 2 rings (SSSR count). The number of nitrogens with two attached hydrogens (primary N) is 1. The molecule has 1 aromatic rings. The zero-order valence-corrected chi connectivity index (χ0v) is 14.2. The van der Waals surface area contributed by atoms with Gasteiger partial charge in [-0.3, -0.25) is 0 Å². The van der Waals surface area contributed by atoms with Crippen molar-refractivity contribution >= 4 is 42.2 Å². The van der Waals surface area contributed by atoms with E-state index < -0.39 is 19.9 Å². The third-order valence-electron chi connectivity index (χ3n) is 3.30. The average Bonchev–Trinajstić information content (AvgIpc) is 2.73. The summed E-state index contributed by atoms with van der Waals surface area (Å²) in [4.78, 5) is -0.0362. The largest absolute Gasteiger partial charge is 0.382 e. The number of hydrogen-bond donors (Lipinski definition) is 2. The Balaban J connectivity index is 2.23. The Morgan fingerprint density at radius 3 is 2.43 bits per heavy atom. The second-order valence-corrected chi connectivity index (χ2v) is 10.2. The molecule has 11 heteroatoms. The highest BCUT2D eigenvalue weighted by Crippen LogP contribution is 2.34. The van der Waals surface area contributed by atoms with E-state index in [1.807, 2.05) is 0 Å². The van der Waals surface area contributed by atoms with Crippen molar-refractivity contribution in [1.82, 2.24) is 8.68 Å². The molecule has 0 atom stereocenters. The zero-order valence-electron chi connectivity index (χ0n) is 11.7. The number of sulfone groups is 1. The molecule has 0 amide bonds. The van der Waals surface area contributed by atoms with E-state index in [-0.39, 0.29) is 28.3 Å². The number of rotatable bonds is 4. The van der Waals surface area contributed by atoms with Crippen molar-refractivity contribution in [3.05, 3.63) is 0 Å². The lowest BCUT2D eigenvalue weighted by molar-refractivity contribution is 0.521. The molecular formula is C10H18N4O4S3. The molecule has 1 aliphatic heterocycles. The van der Waals surface area contributed by atoms with Crippen molar-refractivity contribution < 1.29 is 16.8 Å². The molecule has 0 aliphatic carbocycles. The summed E-state index contributed by atoms with van der Waals surface area (Å²) in [5.41, 5.74) is 5.67. The number of hydrogen-bond acceptors (Lipinski definition) is 8. The summed E-state index contributed by atoms with van der Waals surface area (Å²) >= 11 is 0.973. The first kappa shape index (κ1) is 16.5. The molecule has 0 saturated carbocycles. The predicted octanol–water partition coefficient (Wildman–Crippen LogP) is -0.0353. The normalized spacial score (nSPS) is 19.8. The van der Waals surface area contributed by atoms with E-state index >= 15 is 0 Å². The van der Waals surface area contributed by atoms with Gasteiger partial charge in [-0.2, -0.15) is 4.37 Å². The second-order valence-electron chi connectivity index (χ2n) is 5.08. The number of nitrogens with one attached hydrogen (secondary N) is 1. The fourth-order valence-corrected chi connectivity index (χ4v) is 5.67. The Bertz CT molecular complexity index is 709. The molecule has 2 heterocycles. The number of aromatic nitrogens is 1. The van der Waals surface area contributed by atoms with E-state index in [0.29, 0.717) is 17.8 Å². The zero-order chi connectivity index (χ0) is 15.8. The van der Waals surface area contributed by atoms with Gasteiger partial charge in [0.15, 0.2) is 10.7 Å². The highest BCUT2D eigenvalue weighted by molar-refractivity contribution is 7.91. The van der Waals surface area contributed by atoms with Gasteiger partial charge in [-0.1, -0.05) is 0 Å². The van der Waals surface area contributed by atoms with E-state index in [0.717, 1.165) is 15.8 Å². The Hall–Kier alpha value is -0.910. The molecule has 1 fully saturated rings. The number of sulfonamides is 1. The monoisotopic (exact) mass is 354 g/mol. The average molecular weight is 354 g/mol. The SMILES string of the molecule is CN(C)S(=O)(=O)c1c(N)nsc1NC1CCS(=O)(=O)CC1. The van der Waals surface area contributed by atoms with Crippen LogP contribution in [0.3, 0.4) is 0 Å². The van der Waals surface area contributed by atoms with Crippen LogP contribution in [0.1, 0.15) is 12.8 Å². The first-order chi connectivity index (χ1) is 9.63. The summed E-state index contributed by atoms with van der Waals surface area (Å²) in [6.07, 6.45) is 0.892. The Labute approximate surface area is 128 Å². The van der Waals surface area contributed by atoms with Crippen molar-refractivity contribution in [2.24, 2.45) is 0 Å². The predicted molar refractivity (Wildman–Crippen MR) is 82.7 cm³/mol. The standard InChI is InChI=1S/C10H18N4O4S3/c1-14(2)21(17,18)8-9(11)13-19-10(8)12-7-3-5-20(15,16)6-4-7/h7,12H,3-6H2,1-2H3,(H2,11,13). The van der Waals surface area contributed by atoms with E-state index in [2.05, 4.69) is 9.69 Å². The van der Waals surface area contributed by atoms with Gasteiger partial charge in [-0.05, 0) is 24.4 Å². The van der Waals surface area contributed by atoms with Crippen LogP contribution in [0.25, 0.3) is 0 Å². The molecule has 120 valence electrons. The number of anilines is 2. The third-order valence-corrected chi connectivity index (χ3v) is 7.83. The summed E-state index contributed by atoms with van der Waals surface area (Å²) in [5.74, 6) is 0.170. The molecule has 3 N–H and O–H groups in total. The van der Waals surface area contributed by atoms with Crippen molar-refractivity contribution in [1.29, 1.82) is 0 Å². The van der Waals surface area contributed by atoms with Crippen LogP contribution in [0.2, 0.25) is 0 Å². The van der Waals surface area contributed by atoms with E-state index in [9.17, 15) is 16.8 Å². The minimum absolute atomic E-state index is 0.0362. The summed E-state index contributed by atoms with van der Waals surface area (Å²) in [6.45, 7) is 0. The maximum atomic E-state index is 12.3. The van der Waals surface area contributed by atoms with Gasteiger partial charge in [0, 0.05) is 20.1 Å². The molecule has 8 nitrogen and oxygen atoms in total. The first-order valence-electron chi connectivity index (χ1n) is 6.28. The smallest absolute Gasteiger partial charge is 0.249 e. The van der Waals surface area contributed by atoms with E-state index in [1.54, 1.807) is 0 Å². The van der Waals surface area contributed by atoms with Crippen molar-refractivity contribution in [2.45, 2.75) is 23.8 Å². The highest BCUT2D eigenvalue weighted by Gasteiger charge is 2.30. The van der Waals surface area contributed by atoms with Crippen LogP contribution in [0, 0.1) is 0 Å². The summed E-state index contributed by atoms with van der Waals surface area (Å²) < 4.78 is 52.3. The maximum Gasteiger partial charge on any atom is 0.249 e. The summed E-state index contributed by atoms with van der Waals surface area (Å²) in [7, 11) is -3.81. The molecule has 1 aromatic heterocycles. The number of nitrogen functional groups attached to an aromatic ring is 1. The molecule has 0 spiro atoms. The van der Waals surface area contributed by atoms with Crippen LogP contribution in [-0.4, -0.2) is 57.2 Å². The lowest BCUT2D eigenvalue weighted by Crippen LogP contribution is -2.32. The van der Waals surface area contributed by atoms with Gasteiger partial charge in [0.2, 0.25) is 10.0 Å². The van der Waals surface area contributed by atoms with E-state index in [4.69, 9.17) is 5.73 Å². The molecule has 1 aliphatic rings. The molecular weight excluding hydrogens is 336 g/mol. The summed E-state index contributed by atoms with van der Waals surface area (Å²) in [5, 5.41) is 3.44. The van der Waals surface area contributed by atoms with Crippen LogP contribution < -0.4 is 11.1 Å². The lowest BCUT2D eigenvalue weighted by atomic mass is 10.1. The van der Waals surface area contributed by atoms with Crippen molar-refractivity contribution in [3.63, 3.8) is 0 Å². The molecule has 0 bridgehead atoms. The van der Waals surface area contributed by atoms with Crippen LogP contribution in [0.5, 0.6) is 0 Å². The first-order valence-corrected chi connectivity index (χ1v) is 10.3. The quantitative estimate of drug-likeness (QED) is 0.778. The van der Waals surface area contributed by atoms with Gasteiger partial charge >= 0.3 is 0 Å². The van der Waals surface area contributed by atoms with E-state index in [1.165, 1.54) is 14.1 Å². The van der Waals surface area contributed by atoms with Crippen LogP contribution in [-0.2, 0) is 19.9 Å². The fourth-order valence-electron chi connectivity index (χ4n) is 2.04. The van der Waals surface area contributed by atoms with Crippen molar-refractivity contribution in [2.75, 3.05) is 36.7 Å². The molecule has 0 unspecified atom stereocenters. The topological polar surface area (TPSA) is 122 Å². The minimum Gasteiger partial charge on any atom is -0.382 e. The van der Waals surface area contributed by atoms with Crippen molar-refractivity contribution in [3.8, 4) is 0 Å². The Morgan fingerprint density at radius 1 is 1.33 bits per heavy atom. The third kappa shape index (κ3) is 3.47. The van der Waals surface area contributed by atoms with Gasteiger partial charge < -0.3 is 11.1 Å². The minimum atomic E-state index is -3.69. The Kier molecular flexibility index (Phi) is 4.47. The van der Waals surface area contributed by atoms with Gasteiger partial charge in [-0.25, -0.2) is 21.1 Å². The van der Waals surface area contributed by atoms with Gasteiger partial charge in [-0.15, -0.1) is 0 Å². The van der Waals surface area contributed by atoms with Gasteiger partial charge in [0.05, 0.1) is 11.5 Å². The lowest BCUT2D eigenvalue weighted by Gasteiger charge is -2.23. The number of nitrogens with zero attached hydrogens (tertiary/aromatic N) is 2. The van der Waals surface area contributed by atoms with Crippen LogP contribution in [0.15, 0.2) is 4.90 Å². The molecule has 1 saturated heterocycles.